The zero-order chi connectivity index (χ0) is 10.6. The van der Waals surface area contributed by atoms with Crippen LogP contribution in [0.5, 0.6) is 0 Å². The van der Waals surface area contributed by atoms with Crippen LogP contribution in [0.1, 0.15) is 46.0 Å². The van der Waals surface area contributed by atoms with Gasteiger partial charge >= 0.3 is 0 Å². The highest BCUT2D eigenvalue weighted by Crippen LogP contribution is 2.35. The highest BCUT2D eigenvalue weighted by Gasteiger charge is 2.32. The molecule has 0 aromatic rings. The Kier molecular flexibility index (Phi) is 4.39. The Labute approximate surface area is 88.2 Å². The molecule has 1 rings (SSSR count). The van der Waals surface area contributed by atoms with Gasteiger partial charge in [0.15, 0.2) is 0 Å². The average molecular weight is 199 g/mol. The molecule has 2 heteroatoms. The molecule has 0 aromatic carbocycles. The SMILES string of the molecule is COCCC(C)(N)C1CCCC(C)C1. The van der Waals surface area contributed by atoms with E-state index >= 15 is 0 Å². The lowest BCUT2D eigenvalue weighted by Crippen LogP contribution is -2.46. The summed E-state index contributed by atoms with van der Waals surface area (Å²) in [6.07, 6.45) is 6.33. The minimum Gasteiger partial charge on any atom is -0.385 e. The van der Waals surface area contributed by atoms with Gasteiger partial charge in [-0.25, -0.2) is 0 Å². The second kappa shape index (κ2) is 5.13. The van der Waals surface area contributed by atoms with Gasteiger partial charge in [-0.2, -0.15) is 0 Å². The summed E-state index contributed by atoms with van der Waals surface area (Å²) in [6, 6.07) is 0. The van der Waals surface area contributed by atoms with Crippen molar-refractivity contribution in [3.63, 3.8) is 0 Å². The Hall–Kier alpha value is -0.0800. The van der Waals surface area contributed by atoms with E-state index in [4.69, 9.17) is 10.5 Å². The topological polar surface area (TPSA) is 35.2 Å². The Balaban J connectivity index is 2.43. The molecule has 3 unspecified atom stereocenters. The van der Waals surface area contributed by atoms with Crippen LogP contribution in [0.15, 0.2) is 0 Å². The van der Waals surface area contributed by atoms with Crippen molar-refractivity contribution < 1.29 is 4.74 Å². The fourth-order valence-electron chi connectivity index (χ4n) is 2.56. The molecule has 0 aromatic heterocycles. The molecular weight excluding hydrogens is 174 g/mol. The van der Waals surface area contributed by atoms with Gasteiger partial charge in [0.25, 0.3) is 0 Å². The van der Waals surface area contributed by atoms with Gasteiger partial charge < -0.3 is 10.5 Å². The second-order valence-corrected chi connectivity index (χ2v) is 5.22. The molecule has 0 heterocycles. The van der Waals surface area contributed by atoms with Crippen LogP contribution in [0, 0.1) is 11.8 Å². The summed E-state index contributed by atoms with van der Waals surface area (Å²) < 4.78 is 5.12. The third-order valence-electron chi connectivity index (χ3n) is 3.71. The van der Waals surface area contributed by atoms with Crippen LogP contribution in [-0.2, 0) is 4.74 Å². The molecule has 0 saturated heterocycles. The second-order valence-electron chi connectivity index (χ2n) is 5.22. The number of methoxy groups -OCH3 is 1. The number of rotatable bonds is 4. The van der Waals surface area contributed by atoms with E-state index < -0.39 is 0 Å². The van der Waals surface area contributed by atoms with Crippen LogP contribution in [-0.4, -0.2) is 19.3 Å². The Morgan fingerprint density at radius 1 is 1.43 bits per heavy atom. The van der Waals surface area contributed by atoms with E-state index in [1.807, 2.05) is 0 Å². The zero-order valence-electron chi connectivity index (χ0n) is 9.88. The van der Waals surface area contributed by atoms with Crippen molar-refractivity contribution in [3.8, 4) is 0 Å². The standard InChI is InChI=1S/C12H25NO/c1-10-5-4-6-11(9-10)12(2,13)7-8-14-3/h10-11H,4-9,13H2,1-3H3. The quantitative estimate of drug-likeness (QED) is 0.755. The van der Waals surface area contributed by atoms with Gasteiger partial charge in [0, 0.05) is 19.3 Å². The molecule has 1 fully saturated rings. The highest BCUT2D eigenvalue weighted by molar-refractivity contribution is 4.89. The summed E-state index contributed by atoms with van der Waals surface area (Å²) in [7, 11) is 1.75. The third-order valence-corrected chi connectivity index (χ3v) is 3.71. The first-order valence-electron chi connectivity index (χ1n) is 5.84. The summed E-state index contributed by atoms with van der Waals surface area (Å²) in [6.45, 7) is 5.32. The van der Waals surface area contributed by atoms with Crippen LogP contribution in [0.25, 0.3) is 0 Å². The molecule has 84 valence electrons. The summed E-state index contributed by atoms with van der Waals surface area (Å²) in [5.41, 5.74) is 6.34. The minimum absolute atomic E-state index is 0.0231. The van der Waals surface area contributed by atoms with E-state index in [1.54, 1.807) is 7.11 Å². The van der Waals surface area contributed by atoms with Crippen LogP contribution in [0.2, 0.25) is 0 Å². The molecule has 0 radical (unpaired) electrons. The lowest BCUT2D eigenvalue weighted by molar-refractivity contribution is 0.122. The molecule has 0 spiro atoms. The monoisotopic (exact) mass is 199 g/mol. The molecule has 0 aliphatic heterocycles. The number of hydrogen-bond donors (Lipinski definition) is 1. The van der Waals surface area contributed by atoms with Gasteiger partial charge in [0.2, 0.25) is 0 Å². The van der Waals surface area contributed by atoms with Gasteiger partial charge in [-0.1, -0.05) is 19.8 Å². The van der Waals surface area contributed by atoms with Gasteiger partial charge in [-0.3, -0.25) is 0 Å². The maximum Gasteiger partial charge on any atom is 0.0479 e. The fraction of sp³-hybridized carbons (Fsp3) is 1.00. The van der Waals surface area contributed by atoms with Crippen molar-refractivity contribution in [2.75, 3.05) is 13.7 Å². The first-order valence-corrected chi connectivity index (χ1v) is 5.84. The molecule has 1 aliphatic carbocycles. The smallest absolute Gasteiger partial charge is 0.0479 e. The fourth-order valence-corrected chi connectivity index (χ4v) is 2.56. The van der Waals surface area contributed by atoms with Crippen molar-refractivity contribution in [2.24, 2.45) is 17.6 Å². The Morgan fingerprint density at radius 3 is 2.71 bits per heavy atom. The van der Waals surface area contributed by atoms with E-state index in [0.29, 0.717) is 5.92 Å². The van der Waals surface area contributed by atoms with Gasteiger partial charge in [-0.15, -0.1) is 0 Å². The van der Waals surface area contributed by atoms with E-state index in [1.165, 1.54) is 25.7 Å². The van der Waals surface area contributed by atoms with Crippen LogP contribution >= 0.6 is 0 Å². The summed E-state index contributed by atoms with van der Waals surface area (Å²) in [4.78, 5) is 0. The van der Waals surface area contributed by atoms with Crippen molar-refractivity contribution in [1.29, 1.82) is 0 Å². The van der Waals surface area contributed by atoms with Crippen LogP contribution in [0.3, 0.4) is 0 Å². The molecule has 1 saturated carbocycles. The lowest BCUT2D eigenvalue weighted by atomic mass is 9.71. The molecule has 0 bridgehead atoms. The molecule has 2 N–H and O–H groups in total. The average Bonchev–Trinajstić information content (AvgIpc) is 2.15. The normalized spacial score (nSPS) is 32.6. The molecule has 1 aliphatic rings. The third kappa shape index (κ3) is 3.25. The maximum atomic E-state index is 6.36. The highest BCUT2D eigenvalue weighted by atomic mass is 16.5. The predicted molar refractivity (Wildman–Crippen MR) is 60.2 cm³/mol. The first-order chi connectivity index (χ1) is 6.56. The summed E-state index contributed by atoms with van der Waals surface area (Å²) >= 11 is 0. The summed E-state index contributed by atoms with van der Waals surface area (Å²) in [5, 5.41) is 0. The molecule has 3 atom stereocenters. The molecular formula is C12H25NO. The van der Waals surface area contributed by atoms with Gasteiger partial charge in [0.1, 0.15) is 0 Å². The van der Waals surface area contributed by atoms with E-state index in [2.05, 4.69) is 13.8 Å². The Bertz CT molecular complexity index is 168. The molecule has 2 nitrogen and oxygen atoms in total. The maximum absolute atomic E-state index is 6.36. The van der Waals surface area contributed by atoms with E-state index in [0.717, 1.165) is 18.9 Å². The van der Waals surface area contributed by atoms with Crippen LogP contribution in [0.4, 0.5) is 0 Å². The zero-order valence-corrected chi connectivity index (χ0v) is 9.88. The van der Waals surface area contributed by atoms with Crippen molar-refractivity contribution in [1.82, 2.24) is 0 Å². The van der Waals surface area contributed by atoms with E-state index in [9.17, 15) is 0 Å². The van der Waals surface area contributed by atoms with Gasteiger partial charge in [-0.05, 0) is 38.0 Å². The van der Waals surface area contributed by atoms with Gasteiger partial charge in [0.05, 0.1) is 0 Å². The predicted octanol–water partition coefficient (Wildman–Crippen LogP) is 2.57. The minimum atomic E-state index is -0.0231. The van der Waals surface area contributed by atoms with Crippen molar-refractivity contribution in [2.45, 2.75) is 51.5 Å². The first kappa shape index (κ1) is 12.0. The van der Waals surface area contributed by atoms with Crippen LogP contribution < -0.4 is 5.73 Å². The lowest BCUT2D eigenvalue weighted by Gasteiger charge is -2.39. The van der Waals surface area contributed by atoms with Crippen molar-refractivity contribution >= 4 is 0 Å². The number of hydrogen-bond acceptors (Lipinski definition) is 2. The summed E-state index contributed by atoms with van der Waals surface area (Å²) in [5.74, 6) is 1.56. The van der Waals surface area contributed by atoms with E-state index in [-0.39, 0.29) is 5.54 Å². The van der Waals surface area contributed by atoms with Crippen molar-refractivity contribution in [3.05, 3.63) is 0 Å². The number of ether oxygens (including phenoxy) is 1. The number of nitrogens with two attached hydrogens (primary N) is 1. The molecule has 14 heavy (non-hydrogen) atoms. The molecule has 0 amide bonds. The Morgan fingerprint density at radius 2 is 2.14 bits per heavy atom. The largest absolute Gasteiger partial charge is 0.385 e.